The van der Waals surface area contributed by atoms with Crippen LogP contribution in [0.2, 0.25) is 0 Å². The van der Waals surface area contributed by atoms with Crippen LogP contribution >= 0.6 is 0 Å². The second kappa shape index (κ2) is 4.89. The average Bonchev–Trinajstić information content (AvgIpc) is 2.87. The van der Waals surface area contributed by atoms with Gasteiger partial charge in [-0.15, -0.1) is 0 Å². The Morgan fingerprint density at radius 2 is 1.75 bits per heavy atom. The molecule has 0 amide bonds. The maximum absolute atomic E-state index is 11.8. The lowest BCUT2D eigenvalue weighted by atomic mass is 10.00. The van der Waals surface area contributed by atoms with E-state index < -0.39 is 0 Å². The maximum atomic E-state index is 11.8. The first kappa shape index (κ1) is 12.5. The molecule has 0 N–H and O–H groups in total. The highest BCUT2D eigenvalue weighted by Gasteiger charge is 2.24. The molecule has 0 aromatic heterocycles. The zero-order valence-corrected chi connectivity index (χ0v) is 11.3. The lowest BCUT2D eigenvalue weighted by Crippen LogP contribution is -1.99. The molecule has 1 aliphatic heterocycles. The van der Waals surface area contributed by atoms with Gasteiger partial charge in [-0.3, -0.25) is 4.79 Å². The Labute approximate surface area is 116 Å². The van der Waals surface area contributed by atoms with Gasteiger partial charge >= 0.3 is 0 Å². The summed E-state index contributed by atoms with van der Waals surface area (Å²) in [6, 6.07) is 11.2. The van der Waals surface area contributed by atoms with Gasteiger partial charge in [0.2, 0.25) is 5.78 Å². The van der Waals surface area contributed by atoms with E-state index in [2.05, 4.69) is 0 Å². The van der Waals surface area contributed by atoms with Crippen molar-refractivity contribution >= 4 is 5.78 Å². The molecule has 1 heterocycles. The van der Waals surface area contributed by atoms with Crippen LogP contribution < -0.4 is 14.2 Å². The number of ketones is 1. The van der Waals surface area contributed by atoms with Crippen molar-refractivity contribution in [3.63, 3.8) is 0 Å². The number of hydrogen-bond donors (Lipinski definition) is 0. The van der Waals surface area contributed by atoms with Crippen molar-refractivity contribution in [1.29, 1.82) is 0 Å². The molecule has 102 valence electrons. The van der Waals surface area contributed by atoms with Crippen molar-refractivity contribution in [3.05, 3.63) is 42.0 Å². The summed E-state index contributed by atoms with van der Waals surface area (Å²) in [6.45, 7) is 0.102. The SMILES string of the molecule is COc1ccc(-c2cc3c(cc2OC)OCC3=O)cc1. The second-order valence-corrected chi connectivity index (χ2v) is 4.49. The quantitative estimate of drug-likeness (QED) is 0.860. The van der Waals surface area contributed by atoms with Crippen LogP contribution in [0.1, 0.15) is 10.4 Å². The molecule has 0 unspecified atom stereocenters. The van der Waals surface area contributed by atoms with Gasteiger partial charge in [-0.05, 0) is 23.8 Å². The Bertz CT molecular complexity index is 659. The van der Waals surface area contributed by atoms with Crippen molar-refractivity contribution in [1.82, 2.24) is 0 Å². The summed E-state index contributed by atoms with van der Waals surface area (Å²) in [5.74, 6) is 2.05. The minimum absolute atomic E-state index is 0.00239. The fraction of sp³-hybridized carbons (Fsp3) is 0.188. The van der Waals surface area contributed by atoms with Crippen LogP contribution in [0.25, 0.3) is 11.1 Å². The van der Waals surface area contributed by atoms with Crippen molar-refractivity contribution in [2.75, 3.05) is 20.8 Å². The predicted octanol–water partition coefficient (Wildman–Crippen LogP) is 2.95. The van der Waals surface area contributed by atoms with Crippen molar-refractivity contribution in [3.8, 4) is 28.4 Å². The predicted molar refractivity (Wildman–Crippen MR) is 74.8 cm³/mol. The topological polar surface area (TPSA) is 44.8 Å². The van der Waals surface area contributed by atoms with Gasteiger partial charge in [0.15, 0.2) is 6.61 Å². The minimum atomic E-state index is -0.00239. The van der Waals surface area contributed by atoms with Gasteiger partial charge in [0.05, 0.1) is 19.8 Å². The zero-order chi connectivity index (χ0) is 14.1. The van der Waals surface area contributed by atoms with E-state index in [4.69, 9.17) is 14.2 Å². The first-order valence-electron chi connectivity index (χ1n) is 6.25. The molecule has 0 fully saturated rings. The molecule has 0 bridgehead atoms. The lowest BCUT2D eigenvalue weighted by molar-refractivity contribution is 0.0961. The summed E-state index contributed by atoms with van der Waals surface area (Å²) in [5, 5.41) is 0. The number of carbonyl (C=O) groups is 1. The molecule has 2 aromatic rings. The zero-order valence-electron chi connectivity index (χ0n) is 11.3. The van der Waals surface area contributed by atoms with Crippen LogP contribution in [0.3, 0.4) is 0 Å². The standard InChI is InChI=1S/C16H14O4/c1-18-11-5-3-10(4-6-11)12-7-13-14(17)9-20-16(13)8-15(12)19-2/h3-8H,9H2,1-2H3. The highest BCUT2D eigenvalue weighted by atomic mass is 16.5. The van der Waals surface area contributed by atoms with Crippen LogP contribution in [-0.2, 0) is 0 Å². The molecule has 20 heavy (non-hydrogen) atoms. The molecule has 0 spiro atoms. The number of hydrogen-bond acceptors (Lipinski definition) is 4. The van der Waals surface area contributed by atoms with E-state index >= 15 is 0 Å². The number of benzene rings is 2. The van der Waals surface area contributed by atoms with Gasteiger partial charge in [-0.25, -0.2) is 0 Å². The Balaban J connectivity index is 2.11. The molecule has 1 aliphatic rings. The number of fused-ring (bicyclic) bond motifs is 1. The largest absolute Gasteiger partial charge is 0.497 e. The third-order valence-electron chi connectivity index (χ3n) is 3.36. The highest BCUT2D eigenvalue weighted by Crippen LogP contribution is 2.38. The van der Waals surface area contributed by atoms with E-state index in [0.717, 1.165) is 16.9 Å². The molecule has 3 rings (SSSR count). The van der Waals surface area contributed by atoms with Gasteiger partial charge in [0.25, 0.3) is 0 Å². The number of carbonyl (C=O) groups excluding carboxylic acids is 1. The first-order valence-corrected chi connectivity index (χ1v) is 6.25. The van der Waals surface area contributed by atoms with Crippen LogP contribution in [0.15, 0.2) is 36.4 Å². The molecule has 4 nitrogen and oxygen atoms in total. The molecule has 2 aromatic carbocycles. The van der Waals surface area contributed by atoms with Crippen molar-refractivity contribution in [2.24, 2.45) is 0 Å². The molecule has 0 atom stereocenters. The number of rotatable bonds is 3. The molecule has 0 saturated carbocycles. The highest BCUT2D eigenvalue weighted by molar-refractivity contribution is 6.03. The van der Waals surface area contributed by atoms with Crippen LogP contribution in [-0.4, -0.2) is 26.6 Å². The van der Waals surface area contributed by atoms with Gasteiger partial charge in [0.1, 0.15) is 17.2 Å². The molecular formula is C16H14O4. The van der Waals surface area contributed by atoms with Crippen LogP contribution in [0, 0.1) is 0 Å². The van der Waals surface area contributed by atoms with Gasteiger partial charge in [-0.2, -0.15) is 0 Å². The summed E-state index contributed by atoms with van der Waals surface area (Å²) < 4.78 is 15.9. The average molecular weight is 270 g/mol. The van der Waals surface area contributed by atoms with Gasteiger partial charge < -0.3 is 14.2 Å². The third kappa shape index (κ3) is 1.99. The Kier molecular flexibility index (Phi) is 3.06. The fourth-order valence-corrected chi connectivity index (χ4v) is 2.28. The lowest BCUT2D eigenvalue weighted by Gasteiger charge is -2.11. The van der Waals surface area contributed by atoms with E-state index in [1.165, 1.54) is 0 Å². The Morgan fingerprint density at radius 3 is 2.40 bits per heavy atom. The first-order chi connectivity index (χ1) is 9.72. The Hall–Kier alpha value is -2.49. The van der Waals surface area contributed by atoms with Gasteiger partial charge in [0, 0.05) is 11.6 Å². The normalized spacial score (nSPS) is 12.8. The van der Waals surface area contributed by atoms with Crippen molar-refractivity contribution < 1.29 is 19.0 Å². The summed E-state index contributed by atoms with van der Waals surface area (Å²) in [7, 11) is 3.23. The summed E-state index contributed by atoms with van der Waals surface area (Å²) in [5.41, 5.74) is 2.44. The molecule has 4 heteroatoms. The minimum Gasteiger partial charge on any atom is -0.497 e. The monoisotopic (exact) mass is 270 g/mol. The second-order valence-electron chi connectivity index (χ2n) is 4.49. The number of ether oxygens (including phenoxy) is 3. The van der Waals surface area contributed by atoms with E-state index in [1.54, 1.807) is 20.3 Å². The number of methoxy groups -OCH3 is 2. The number of Topliss-reactive ketones (excluding diaryl/α,β-unsaturated/α-hetero) is 1. The smallest absolute Gasteiger partial charge is 0.203 e. The molecule has 0 saturated heterocycles. The van der Waals surface area contributed by atoms with E-state index in [-0.39, 0.29) is 12.4 Å². The van der Waals surface area contributed by atoms with E-state index in [9.17, 15) is 4.79 Å². The fourth-order valence-electron chi connectivity index (χ4n) is 2.28. The molecule has 0 aliphatic carbocycles. The maximum Gasteiger partial charge on any atom is 0.203 e. The van der Waals surface area contributed by atoms with Crippen molar-refractivity contribution in [2.45, 2.75) is 0 Å². The summed E-state index contributed by atoms with van der Waals surface area (Å²) in [6.07, 6.45) is 0. The van der Waals surface area contributed by atoms with Gasteiger partial charge in [-0.1, -0.05) is 12.1 Å². The van der Waals surface area contributed by atoms with Crippen LogP contribution in [0.4, 0.5) is 0 Å². The summed E-state index contributed by atoms with van der Waals surface area (Å²) >= 11 is 0. The molecule has 0 radical (unpaired) electrons. The van der Waals surface area contributed by atoms with E-state index in [0.29, 0.717) is 17.1 Å². The Morgan fingerprint density at radius 1 is 1.00 bits per heavy atom. The third-order valence-corrected chi connectivity index (χ3v) is 3.36. The molecular weight excluding hydrogens is 256 g/mol. The van der Waals surface area contributed by atoms with E-state index in [1.807, 2.05) is 30.3 Å². The van der Waals surface area contributed by atoms with Crippen LogP contribution in [0.5, 0.6) is 17.2 Å². The summed E-state index contributed by atoms with van der Waals surface area (Å²) in [4.78, 5) is 11.8.